The Morgan fingerprint density at radius 1 is 0.935 bits per heavy atom. The van der Waals surface area contributed by atoms with Crippen molar-refractivity contribution in [3.63, 3.8) is 0 Å². The largest absolute Gasteiger partial charge is 0.378 e. The third kappa shape index (κ3) is 3.26. The van der Waals surface area contributed by atoms with Crippen molar-refractivity contribution in [2.24, 2.45) is 0 Å². The maximum absolute atomic E-state index is 11.1. The summed E-state index contributed by atoms with van der Waals surface area (Å²) in [5.74, 6) is 0. The van der Waals surface area contributed by atoms with E-state index in [4.69, 9.17) is 10.1 Å². The third-order valence-corrected chi connectivity index (χ3v) is 5.30. The van der Waals surface area contributed by atoms with E-state index in [1.807, 2.05) is 66.1 Å². The molecule has 2 heterocycles. The molecule has 0 fully saturated rings. The van der Waals surface area contributed by atoms with Crippen LogP contribution >= 0.6 is 0 Å². The Morgan fingerprint density at radius 3 is 2.35 bits per heavy atom. The lowest BCUT2D eigenvalue weighted by atomic mass is 10.1. The number of hydrogen-bond acceptors (Lipinski definition) is 5. The van der Waals surface area contributed by atoms with Crippen molar-refractivity contribution in [3.8, 4) is 16.9 Å². The second kappa shape index (κ2) is 7.21. The van der Waals surface area contributed by atoms with Crippen LogP contribution in [0.25, 0.3) is 38.9 Å². The van der Waals surface area contributed by atoms with Gasteiger partial charge in [0.15, 0.2) is 5.65 Å². The maximum atomic E-state index is 11.1. The molecule has 2 aromatic heterocycles. The van der Waals surface area contributed by atoms with Gasteiger partial charge in [0.1, 0.15) is 5.69 Å². The van der Waals surface area contributed by atoms with Gasteiger partial charge >= 0.3 is 0 Å². The monoisotopic (exact) mass is 409 g/mol. The Kier molecular flexibility index (Phi) is 4.36. The molecule has 0 spiro atoms. The topological polar surface area (TPSA) is 77.1 Å². The van der Waals surface area contributed by atoms with E-state index >= 15 is 0 Å². The number of non-ortho nitro benzene ring substituents is 1. The highest BCUT2D eigenvalue weighted by Gasteiger charge is 2.17. The molecule has 0 bridgehead atoms. The van der Waals surface area contributed by atoms with E-state index < -0.39 is 4.92 Å². The number of hydrogen-bond donors (Lipinski definition) is 0. The molecule has 5 rings (SSSR count). The summed E-state index contributed by atoms with van der Waals surface area (Å²) in [7, 11) is 4.01. The molecule has 0 saturated carbocycles. The maximum Gasteiger partial charge on any atom is 0.269 e. The van der Waals surface area contributed by atoms with Gasteiger partial charge in [0.25, 0.3) is 5.69 Å². The molecule has 152 valence electrons. The molecule has 0 radical (unpaired) electrons. The highest BCUT2D eigenvalue weighted by atomic mass is 16.6. The number of pyridine rings is 1. The van der Waals surface area contributed by atoms with Crippen LogP contribution in [0.5, 0.6) is 0 Å². The van der Waals surface area contributed by atoms with Crippen LogP contribution in [0.1, 0.15) is 0 Å². The minimum atomic E-state index is -0.400. The van der Waals surface area contributed by atoms with Crippen molar-refractivity contribution < 1.29 is 4.92 Å². The van der Waals surface area contributed by atoms with Crippen LogP contribution in [0.3, 0.4) is 0 Å². The molecule has 5 aromatic rings. The van der Waals surface area contributed by atoms with Gasteiger partial charge in [-0.15, -0.1) is 0 Å². The number of benzene rings is 3. The van der Waals surface area contributed by atoms with Crippen LogP contribution < -0.4 is 4.90 Å². The molecule has 0 amide bonds. The van der Waals surface area contributed by atoms with Crippen LogP contribution in [0, 0.1) is 10.1 Å². The van der Waals surface area contributed by atoms with Crippen LogP contribution in [-0.2, 0) is 0 Å². The summed E-state index contributed by atoms with van der Waals surface area (Å²) in [6.07, 6.45) is 0. The Hall–Kier alpha value is -4.26. The van der Waals surface area contributed by atoms with Crippen molar-refractivity contribution in [3.05, 3.63) is 89.0 Å². The summed E-state index contributed by atoms with van der Waals surface area (Å²) >= 11 is 0. The predicted octanol–water partition coefficient (Wildman–Crippen LogP) is 5.21. The van der Waals surface area contributed by atoms with E-state index in [1.54, 1.807) is 12.1 Å². The van der Waals surface area contributed by atoms with Gasteiger partial charge in [-0.05, 0) is 48.5 Å². The third-order valence-electron chi connectivity index (χ3n) is 5.30. The molecule has 0 N–H and O–H groups in total. The average Bonchev–Trinajstić information content (AvgIpc) is 3.16. The zero-order chi connectivity index (χ0) is 21.5. The first-order valence-electron chi connectivity index (χ1n) is 9.82. The van der Waals surface area contributed by atoms with Gasteiger partial charge in [0, 0.05) is 48.3 Å². The first kappa shape index (κ1) is 18.7. The molecule has 7 heteroatoms. The van der Waals surface area contributed by atoms with Gasteiger partial charge in [-0.2, -0.15) is 5.10 Å². The van der Waals surface area contributed by atoms with E-state index in [9.17, 15) is 10.1 Å². The Labute approximate surface area is 178 Å². The van der Waals surface area contributed by atoms with Gasteiger partial charge < -0.3 is 4.90 Å². The molecule has 0 saturated heterocycles. The van der Waals surface area contributed by atoms with Gasteiger partial charge in [-0.25, -0.2) is 9.67 Å². The molecule has 0 atom stereocenters. The lowest BCUT2D eigenvalue weighted by Gasteiger charge is -2.13. The van der Waals surface area contributed by atoms with Crippen LogP contribution in [0.4, 0.5) is 11.4 Å². The lowest BCUT2D eigenvalue weighted by Crippen LogP contribution is -2.08. The summed E-state index contributed by atoms with van der Waals surface area (Å²) in [5.41, 5.74) is 5.19. The summed E-state index contributed by atoms with van der Waals surface area (Å²) < 4.78 is 1.82. The molecule has 0 aliphatic carbocycles. The van der Waals surface area contributed by atoms with Crippen LogP contribution in [0.2, 0.25) is 0 Å². The quantitative estimate of drug-likeness (QED) is 0.301. The smallest absolute Gasteiger partial charge is 0.269 e. The summed E-state index contributed by atoms with van der Waals surface area (Å²) in [5, 5.41) is 17.8. The van der Waals surface area contributed by atoms with Crippen LogP contribution in [-0.4, -0.2) is 33.8 Å². The Balaban J connectivity index is 1.79. The molecule has 3 aromatic carbocycles. The van der Waals surface area contributed by atoms with Crippen LogP contribution in [0.15, 0.2) is 78.9 Å². The van der Waals surface area contributed by atoms with Crippen molar-refractivity contribution in [1.82, 2.24) is 14.8 Å². The molecule has 31 heavy (non-hydrogen) atoms. The zero-order valence-electron chi connectivity index (χ0n) is 17.1. The van der Waals surface area contributed by atoms with Crippen molar-refractivity contribution in [1.29, 1.82) is 0 Å². The number of nitrogens with zero attached hydrogens (tertiary/aromatic N) is 5. The second-order valence-electron chi connectivity index (χ2n) is 7.53. The zero-order valence-corrected chi connectivity index (χ0v) is 17.1. The number of anilines is 1. The van der Waals surface area contributed by atoms with E-state index in [2.05, 4.69) is 12.1 Å². The van der Waals surface area contributed by atoms with Gasteiger partial charge in [-0.3, -0.25) is 10.1 Å². The number of rotatable bonds is 4. The summed E-state index contributed by atoms with van der Waals surface area (Å²) in [4.78, 5) is 17.6. The van der Waals surface area contributed by atoms with Crippen molar-refractivity contribution in [2.75, 3.05) is 19.0 Å². The number of aromatic nitrogens is 3. The number of para-hydroxylation sites is 1. The summed E-state index contributed by atoms with van der Waals surface area (Å²) in [6, 6.07) is 24.5. The molecule has 7 nitrogen and oxygen atoms in total. The van der Waals surface area contributed by atoms with E-state index in [0.29, 0.717) is 0 Å². The molecule has 0 aliphatic heterocycles. The minimum absolute atomic E-state index is 0.0507. The fourth-order valence-electron chi connectivity index (χ4n) is 3.67. The van der Waals surface area contributed by atoms with Crippen molar-refractivity contribution >= 4 is 33.3 Å². The number of nitro groups is 1. The SMILES string of the molecule is CN(C)c1ccc2nc3c(cc2c1)c(-c1ccc([N+](=O)[O-])cc1)nn3-c1ccccc1. The molecule has 0 aliphatic rings. The Morgan fingerprint density at radius 2 is 1.68 bits per heavy atom. The number of nitro benzene ring substituents is 1. The number of fused-ring (bicyclic) bond motifs is 2. The highest BCUT2D eigenvalue weighted by Crippen LogP contribution is 2.33. The fourth-order valence-corrected chi connectivity index (χ4v) is 3.67. The fraction of sp³-hybridized carbons (Fsp3) is 0.0833. The summed E-state index contributed by atoms with van der Waals surface area (Å²) in [6.45, 7) is 0. The Bertz CT molecular complexity index is 1420. The van der Waals surface area contributed by atoms with Gasteiger partial charge in [0.2, 0.25) is 0 Å². The molecule has 0 unspecified atom stereocenters. The lowest BCUT2D eigenvalue weighted by molar-refractivity contribution is -0.384. The van der Waals surface area contributed by atoms with Gasteiger partial charge in [-0.1, -0.05) is 18.2 Å². The van der Waals surface area contributed by atoms with E-state index in [1.165, 1.54) is 12.1 Å². The van der Waals surface area contributed by atoms with E-state index in [-0.39, 0.29) is 5.69 Å². The van der Waals surface area contributed by atoms with E-state index in [0.717, 1.165) is 44.6 Å². The average molecular weight is 409 g/mol. The molecular formula is C24H19N5O2. The normalized spacial score (nSPS) is 11.2. The first-order valence-corrected chi connectivity index (χ1v) is 9.82. The standard InChI is InChI=1S/C24H19N5O2/c1-27(2)20-12-13-22-17(14-20)15-21-23(16-8-10-19(11-9-16)29(30)31)26-28(24(21)25-22)18-6-4-3-5-7-18/h3-15H,1-2H3. The van der Waals surface area contributed by atoms with Crippen molar-refractivity contribution in [2.45, 2.75) is 0 Å². The highest BCUT2D eigenvalue weighted by molar-refractivity contribution is 6.00. The second-order valence-corrected chi connectivity index (χ2v) is 7.53. The first-order chi connectivity index (χ1) is 15.0. The van der Waals surface area contributed by atoms with Gasteiger partial charge in [0.05, 0.1) is 16.1 Å². The minimum Gasteiger partial charge on any atom is -0.378 e. The molecular weight excluding hydrogens is 390 g/mol. The predicted molar refractivity (Wildman–Crippen MR) is 123 cm³/mol.